The van der Waals surface area contributed by atoms with Crippen LogP contribution in [0.3, 0.4) is 0 Å². The van der Waals surface area contributed by atoms with Gasteiger partial charge in [0.05, 0.1) is 6.20 Å². The Labute approximate surface area is 164 Å². The Kier molecular flexibility index (Phi) is 6.19. The number of carbonyl (C=O) groups excluding carboxylic acids is 1. The first-order valence-electron chi connectivity index (χ1n) is 8.87. The van der Waals surface area contributed by atoms with E-state index in [1.807, 2.05) is 44.6 Å². The Morgan fingerprint density at radius 3 is 2.63 bits per heavy atom. The van der Waals surface area contributed by atoms with Crippen molar-refractivity contribution in [1.29, 1.82) is 0 Å². The average molecular weight is 381 g/mol. The van der Waals surface area contributed by atoms with Gasteiger partial charge in [-0.2, -0.15) is 5.10 Å². The SMILES string of the molecule is Cc1ccc(SNc2cc(C(=O)NCCc3cnn(C)c3)ccc2C)cc1. The number of rotatable bonds is 7. The average Bonchev–Trinajstić information content (AvgIpc) is 3.07. The highest BCUT2D eigenvalue weighted by atomic mass is 32.2. The fraction of sp³-hybridized carbons (Fsp3) is 0.238. The molecule has 1 heterocycles. The predicted molar refractivity (Wildman–Crippen MR) is 111 cm³/mol. The summed E-state index contributed by atoms with van der Waals surface area (Å²) in [6, 6.07) is 14.1. The van der Waals surface area contributed by atoms with Crippen LogP contribution in [-0.2, 0) is 13.5 Å². The van der Waals surface area contributed by atoms with Gasteiger partial charge in [0.1, 0.15) is 0 Å². The topological polar surface area (TPSA) is 59.0 Å². The molecule has 6 heteroatoms. The first-order valence-corrected chi connectivity index (χ1v) is 9.69. The maximum atomic E-state index is 12.4. The van der Waals surface area contributed by atoms with Gasteiger partial charge in [-0.1, -0.05) is 23.8 Å². The van der Waals surface area contributed by atoms with E-state index in [4.69, 9.17) is 0 Å². The summed E-state index contributed by atoms with van der Waals surface area (Å²) >= 11 is 1.54. The number of nitrogens with zero attached hydrogens (tertiary/aromatic N) is 2. The summed E-state index contributed by atoms with van der Waals surface area (Å²) in [5.74, 6) is -0.0673. The Bertz CT molecular complexity index is 918. The molecule has 0 unspecified atom stereocenters. The number of amides is 1. The molecule has 0 radical (unpaired) electrons. The van der Waals surface area contributed by atoms with E-state index >= 15 is 0 Å². The molecule has 5 nitrogen and oxygen atoms in total. The van der Waals surface area contributed by atoms with Gasteiger partial charge < -0.3 is 10.0 Å². The van der Waals surface area contributed by atoms with E-state index in [2.05, 4.69) is 46.3 Å². The van der Waals surface area contributed by atoms with E-state index in [1.54, 1.807) is 16.6 Å². The van der Waals surface area contributed by atoms with E-state index in [0.29, 0.717) is 12.1 Å². The molecule has 0 aliphatic heterocycles. The van der Waals surface area contributed by atoms with Crippen molar-refractivity contribution < 1.29 is 4.79 Å². The number of aryl methyl sites for hydroxylation is 3. The number of nitrogens with one attached hydrogen (secondary N) is 2. The standard InChI is InChI=1S/C21H24N4OS/c1-15-4-8-19(9-5-15)27-24-20-12-18(7-6-16(20)2)21(26)22-11-10-17-13-23-25(3)14-17/h4-9,12-14,24H,10-11H2,1-3H3,(H,22,26). The highest BCUT2D eigenvalue weighted by Crippen LogP contribution is 2.25. The van der Waals surface area contributed by atoms with Crippen LogP contribution >= 0.6 is 11.9 Å². The van der Waals surface area contributed by atoms with Gasteiger partial charge in [-0.05, 0) is 67.6 Å². The quantitative estimate of drug-likeness (QED) is 0.605. The lowest BCUT2D eigenvalue weighted by Gasteiger charge is -2.11. The zero-order valence-electron chi connectivity index (χ0n) is 15.8. The molecule has 0 saturated heterocycles. The normalized spacial score (nSPS) is 10.6. The van der Waals surface area contributed by atoms with Crippen molar-refractivity contribution in [3.05, 3.63) is 77.1 Å². The molecule has 1 amide bonds. The van der Waals surface area contributed by atoms with Crippen molar-refractivity contribution in [1.82, 2.24) is 15.1 Å². The summed E-state index contributed by atoms with van der Waals surface area (Å²) in [4.78, 5) is 13.6. The molecule has 0 aliphatic carbocycles. The second-order valence-corrected chi connectivity index (χ2v) is 7.45. The lowest BCUT2D eigenvalue weighted by molar-refractivity contribution is 0.0954. The summed E-state index contributed by atoms with van der Waals surface area (Å²) in [5.41, 5.74) is 5.04. The van der Waals surface area contributed by atoms with Crippen molar-refractivity contribution in [2.75, 3.05) is 11.3 Å². The first-order chi connectivity index (χ1) is 13.0. The second kappa shape index (κ2) is 8.77. The van der Waals surface area contributed by atoms with Crippen LogP contribution in [0.5, 0.6) is 0 Å². The summed E-state index contributed by atoms with van der Waals surface area (Å²) in [7, 11) is 1.89. The van der Waals surface area contributed by atoms with E-state index in [9.17, 15) is 4.79 Å². The maximum absolute atomic E-state index is 12.4. The van der Waals surface area contributed by atoms with Gasteiger partial charge in [-0.25, -0.2) is 0 Å². The smallest absolute Gasteiger partial charge is 0.251 e. The molecule has 2 N–H and O–H groups in total. The van der Waals surface area contributed by atoms with Crippen molar-refractivity contribution >= 4 is 23.5 Å². The van der Waals surface area contributed by atoms with Crippen LogP contribution in [0.25, 0.3) is 0 Å². The van der Waals surface area contributed by atoms with Crippen LogP contribution < -0.4 is 10.0 Å². The molecular formula is C21H24N4OS. The fourth-order valence-corrected chi connectivity index (χ4v) is 3.34. The van der Waals surface area contributed by atoms with Crippen molar-refractivity contribution in [3.8, 4) is 0 Å². The molecule has 3 aromatic rings. The van der Waals surface area contributed by atoms with Crippen molar-refractivity contribution in [3.63, 3.8) is 0 Å². The Hall–Kier alpha value is -2.73. The zero-order valence-corrected chi connectivity index (χ0v) is 16.6. The maximum Gasteiger partial charge on any atom is 0.251 e. The van der Waals surface area contributed by atoms with E-state index in [0.717, 1.165) is 28.1 Å². The minimum Gasteiger partial charge on any atom is -0.352 e. The predicted octanol–water partition coefficient (Wildman–Crippen LogP) is 4.13. The number of carbonyl (C=O) groups is 1. The highest BCUT2D eigenvalue weighted by Gasteiger charge is 2.08. The summed E-state index contributed by atoms with van der Waals surface area (Å²) < 4.78 is 5.12. The molecule has 0 aliphatic rings. The summed E-state index contributed by atoms with van der Waals surface area (Å²) in [6.45, 7) is 4.68. The summed E-state index contributed by atoms with van der Waals surface area (Å²) in [5, 5.41) is 7.11. The number of anilines is 1. The number of aromatic nitrogens is 2. The monoisotopic (exact) mass is 380 g/mol. The van der Waals surface area contributed by atoms with Gasteiger partial charge in [0.2, 0.25) is 0 Å². The van der Waals surface area contributed by atoms with Gasteiger partial charge in [-0.15, -0.1) is 0 Å². The fourth-order valence-electron chi connectivity index (χ4n) is 2.62. The van der Waals surface area contributed by atoms with Gasteiger partial charge in [0.15, 0.2) is 0 Å². The third-order valence-corrected chi connectivity index (χ3v) is 5.09. The van der Waals surface area contributed by atoms with Crippen LogP contribution in [0.15, 0.2) is 59.8 Å². The van der Waals surface area contributed by atoms with Gasteiger partial charge in [-0.3, -0.25) is 9.48 Å². The molecule has 0 atom stereocenters. The molecule has 140 valence electrons. The van der Waals surface area contributed by atoms with Crippen LogP contribution in [0.1, 0.15) is 27.0 Å². The molecule has 0 fully saturated rings. The molecule has 0 bridgehead atoms. The van der Waals surface area contributed by atoms with Crippen molar-refractivity contribution in [2.45, 2.75) is 25.2 Å². The van der Waals surface area contributed by atoms with E-state index in [-0.39, 0.29) is 5.91 Å². The van der Waals surface area contributed by atoms with Gasteiger partial charge in [0, 0.05) is 35.9 Å². The molecule has 0 saturated carbocycles. The van der Waals surface area contributed by atoms with Crippen LogP contribution in [0, 0.1) is 13.8 Å². The molecule has 0 spiro atoms. The largest absolute Gasteiger partial charge is 0.352 e. The van der Waals surface area contributed by atoms with Gasteiger partial charge in [0.25, 0.3) is 5.91 Å². The molecule has 2 aromatic carbocycles. The summed E-state index contributed by atoms with van der Waals surface area (Å²) in [6.07, 6.45) is 4.55. The van der Waals surface area contributed by atoms with E-state index in [1.165, 1.54) is 5.56 Å². The molecule has 1 aromatic heterocycles. The first kappa shape index (κ1) is 19.0. The van der Waals surface area contributed by atoms with Crippen molar-refractivity contribution in [2.24, 2.45) is 7.05 Å². The lowest BCUT2D eigenvalue weighted by Crippen LogP contribution is -2.25. The minimum absolute atomic E-state index is 0.0673. The Morgan fingerprint density at radius 2 is 1.93 bits per heavy atom. The third-order valence-electron chi connectivity index (χ3n) is 4.26. The molecular weight excluding hydrogens is 356 g/mol. The van der Waals surface area contributed by atoms with E-state index < -0.39 is 0 Å². The minimum atomic E-state index is -0.0673. The lowest BCUT2D eigenvalue weighted by atomic mass is 10.1. The Balaban J connectivity index is 1.58. The number of hydrogen-bond acceptors (Lipinski definition) is 4. The third kappa shape index (κ3) is 5.37. The van der Waals surface area contributed by atoms with Crippen LogP contribution in [-0.4, -0.2) is 22.2 Å². The molecule has 27 heavy (non-hydrogen) atoms. The Morgan fingerprint density at radius 1 is 1.15 bits per heavy atom. The molecule has 3 rings (SSSR count). The second-order valence-electron chi connectivity index (χ2n) is 6.58. The van der Waals surface area contributed by atoms with Crippen LogP contribution in [0.4, 0.5) is 5.69 Å². The number of benzene rings is 2. The van der Waals surface area contributed by atoms with Crippen LogP contribution in [0.2, 0.25) is 0 Å². The number of hydrogen-bond donors (Lipinski definition) is 2. The highest BCUT2D eigenvalue weighted by molar-refractivity contribution is 8.00. The van der Waals surface area contributed by atoms with Gasteiger partial charge >= 0.3 is 0 Å². The zero-order chi connectivity index (χ0) is 19.2.